The van der Waals surface area contributed by atoms with Crippen LogP contribution in [0.4, 0.5) is 46.9 Å². The minimum Gasteiger partial charge on any atom is -0.360 e. The highest BCUT2D eigenvalue weighted by Gasteiger charge is 2.45. The van der Waals surface area contributed by atoms with Crippen LogP contribution in [0, 0.1) is 18.6 Å². The summed E-state index contributed by atoms with van der Waals surface area (Å²) in [4.78, 5) is 66.9. The summed E-state index contributed by atoms with van der Waals surface area (Å²) in [6.45, 7) is 1.07. The normalized spacial score (nSPS) is 15.7. The molecule has 0 saturated carbocycles. The van der Waals surface area contributed by atoms with Crippen LogP contribution >= 0.6 is 11.6 Å². The number of nitrogens with one attached hydrogen (secondary N) is 3. The Bertz CT molecular complexity index is 2460. The van der Waals surface area contributed by atoms with E-state index in [1.54, 1.807) is 18.3 Å². The molecule has 2 aliphatic heterocycles. The first-order valence-electron chi connectivity index (χ1n) is 19.6. The molecule has 22 heteroatoms. The number of aromatic amines is 1. The number of carbonyl (C=O) groups excluding carboxylic acids is 4. The van der Waals surface area contributed by atoms with Crippen LogP contribution < -0.4 is 20.4 Å². The van der Waals surface area contributed by atoms with Crippen LogP contribution in [0.2, 0.25) is 5.02 Å². The lowest BCUT2D eigenvalue weighted by molar-refractivity contribution is -0.137. The van der Waals surface area contributed by atoms with Crippen molar-refractivity contribution in [1.82, 2.24) is 30.0 Å². The summed E-state index contributed by atoms with van der Waals surface area (Å²) < 4.78 is 99.1. The van der Waals surface area contributed by atoms with Gasteiger partial charge < -0.3 is 29.9 Å². The van der Waals surface area contributed by atoms with Crippen molar-refractivity contribution in [3.63, 3.8) is 0 Å². The van der Waals surface area contributed by atoms with E-state index in [1.165, 1.54) is 30.0 Å². The second-order valence-corrected chi connectivity index (χ2v) is 15.0. The fraction of sp³-hybridized carbons (Fsp3) is 0.317. The molecule has 2 aliphatic rings. The van der Waals surface area contributed by atoms with Gasteiger partial charge in [0, 0.05) is 62.8 Å². The van der Waals surface area contributed by atoms with E-state index in [4.69, 9.17) is 11.6 Å². The molecule has 0 bridgehead atoms. The van der Waals surface area contributed by atoms with Crippen LogP contribution in [-0.2, 0) is 27.0 Å². The highest BCUT2D eigenvalue weighted by atomic mass is 35.5. The number of H-pyrrole nitrogens is 1. The average Bonchev–Trinajstić information content (AvgIpc) is 4.06. The molecule has 1 unspecified atom stereocenters. The van der Waals surface area contributed by atoms with Crippen molar-refractivity contribution in [3.05, 3.63) is 118 Å². The van der Waals surface area contributed by atoms with E-state index < -0.39 is 71.2 Å². The number of likely N-dealkylation sites (N-methyl/N-ethyl adjacent to an activating group) is 1. The molecular formula is C41H40BClF7N9O4. The Morgan fingerprint density at radius 1 is 1.02 bits per heavy atom. The molecule has 5 amide bonds. The minimum atomic E-state index is -4.81. The first-order chi connectivity index (χ1) is 29.9. The average molecular weight is 902 g/mol. The first kappa shape index (κ1) is 46.1. The zero-order valence-electron chi connectivity index (χ0n) is 33.8. The van der Waals surface area contributed by atoms with Crippen molar-refractivity contribution in [1.29, 1.82) is 0 Å². The smallest absolute Gasteiger partial charge is 0.360 e. The van der Waals surface area contributed by atoms with Crippen molar-refractivity contribution < 1.29 is 49.8 Å². The largest absolute Gasteiger partial charge is 0.677 e. The standard InChI is InChI=1S/C41H40BClF7N9O4/c1-24-20-25(41(46,47)48)21-34(54-24)58-33(39(62)56(2)32-14-12-29(44)37(43)38(32)45)23-57(40(58)63)19-5-18-53-35(60)7-4-17-52-36(61)15-11-27-9-10-28(59(27)42(49)50)22-26-8-13-31(55-26)30-6-3-16-51-30/h3,6,8-10,12-14,16,20-22,33,51H,4-5,7,11,15,17-19,23H2,1-2H3,(H,52,61)(H,53,60)/b26-22-. The Hall–Kier alpha value is -6.38. The van der Waals surface area contributed by atoms with E-state index >= 15 is 0 Å². The number of alkyl halides is 3. The number of pyridine rings is 1. The Morgan fingerprint density at radius 3 is 2.44 bits per heavy atom. The van der Waals surface area contributed by atoms with Gasteiger partial charge in [-0.05, 0) is 92.9 Å². The number of aryl methyl sites for hydroxylation is 2. The van der Waals surface area contributed by atoms with E-state index in [2.05, 4.69) is 25.6 Å². The van der Waals surface area contributed by atoms with E-state index in [1.807, 2.05) is 12.1 Å². The summed E-state index contributed by atoms with van der Waals surface area (Å²) >= 11 is 5.71. The molecule has 1 saturated heterocycles. The molecule has 5 heterocycles. The Kier molecular flexibility index (Phi) is 14.5. The number of nitrogens with zero attached hydrogens (tertiary/aromatic N) is 6. The highest BCUT2D eigenvalue weighted by Crippen LogP contribution is 2.35. The number of halogens is 8. The van der Waals surface area contributed by atoms with E-state index in [0.717, 1.165) is 45.2 Å². The quantitative estimate of drug-likeness (QED) is 0.0455. The summed E-state index contributed by atoms with van der Waals surface area (Å²) in [5.41, 5.74) is 0.788. The molecule has 6 rings (SSSR count). The molecule has 0 spiro atoms. The number of amides is 5. The zero-order chi connectivity index (χ0) is 45.6. The molecule has 63 heavy (non-hydrogen) atoms. The van der Waals surface area contributed by atoms with Crippen LogP contribution in [0.1, 0.15) is 54.0 Å². The topological polar surface area (TPSA) is 148 Å². The van der Waals surface area contributed by atoms with Crippen molar-refractivity contribution >= 4 is 66.0 Å². The van der Waals surface area contributed by atoms with Gasteiger partial charge in [0.1, 0.15) is 22.7 Å². The van der Waals surface area contributed by atoms with Gasteiger partial charge in [-0.1, -0.05) is 11.6 Å². The maximum absolute atomic E-state index is 14.9. The maximum Gasteiger partial charge on any atom is 0.677 e. The lowest BCUT2D eigenvalue weighted by Gasteiger charge is -2.27. The number of allylic oxidation sites excluding steroid dienone is 2. The van der Waals surface area contributed by atoms with Crippen LogP contribution in [0.15, 0.2) is 77.6 Å². The molecule has 332 valence electrons. The number of urea groups is 1. The number of rotatable bonds is 17. The summed E-state index contributed by atoms with van der Waals surface area (Å²) in [6.07, 6.45) is 2.34. The molecule has 1 fully saturated rings. The third-order valence-corrected chi connectivity index (χ3v) is 10.5. The Labute approximate surface area is 361 Å². The van der Waals surface area contributed by atoms with Gasteiger partial charge in [0.05, 0.1) is 34.9 Å². The molecule has 4 aromatic rings. The van der Waals surface area contributed by atoms with E-state index in [-0.39, 0.29) is 81.3 Å². The van der Waals surface area contributed by atoms with Gasteiger partial charge in [-0.15, -0.1) is 0 Å². The SMILES string of the molecule is Cc1cc(C(F)(F)F)cc(N2C(=O)N(CCCNC(=O)CCCNC(=O)CCc3ccc(/C=C4/C=CC(c5ccc[nH]5)=N4)n3B(F)F)CC2C(=O)N(C)c2ccc(F)c(Cl)c2F)n1. The molecule has 0 aliphatic carbocycles. The van der Waals surface area contributed by atoms with Crippen LogP contribution in [0.5, 0.6) is 0 Å². The second-order valence-electron chi connectivity index (χ2n) is 14.6. The Morgan fingerprint density at radius 2 is 1.75 bits per heavy atom. The van der Waals surface area contributed by atoms with Crippen LogP contribution in [-0.4, -0.2) is 95.5 Å². The van der Waals surface area contributed by atoms with Gasteiger partial charge >= 0.3 is 19.6 Å². The lowest BCUT2D eigenvalue weighted by atomic mass is 10.1. The van der Waals surface area contributed by atoms with E-state index in [9.17, 15) is 49.8 Å². The minimum absolute atomic E-state index is 0.0128. The summed E-state index contributed by atoms with van der Waals surface area (Å²) in [6, 6.07) is 7.54. The highest BCUT2D eigenvalue weighted by molar-refractivity contribution is 6.41. The lowest BCUT2D eigenvalue weighted by Crippen LogP contribution is -2.47. The predicted molar refractivity (Wildman–Crippen MR) is 222 cm³/mol. The van der Waals surface area contributed by atoms with Gasteiger partial charge in [0.2, 0.25) is 11.8 Å². The predicted octanol–water partition coefficient (Wildman–Crippen LogP) is 6.95. The van der Waals surface area contributed by atoms with Gasteiger partial charge in [-0.2, -0.15) is 13.2 Å². The van der Waals surface area contributed by atoms with Gasteiger partial charge in [0.15, 0.2) is 5.82 Å². The van der Waals surface area contributed by atoms with Gasteiger partial charge in [0.25, 0.3) is 5.91 Å². The van der Waals surface area contributed by atoms with Crippen molar-refractivity contribution in [2.75, 3.05) is 43.0 Å². The molecule has 3 aromatic heterocycles. The molecule has 1 atom stereocenters. The van der Waals surface area contributed by atoms with Crippen molar-refractivity contribution in [3.8, 4) is 0 Å². The van der Waals surface area contributed by atoms with Crippen molar-refractivity contribution in [2.24, 2.45) is 4.99 Å². The van der Waals surface area contributed by atoms with Crippen LogP contribution in [0.25, 0.3) is 6.08 Å². The fourth-order valence-corrected chi connectivity index (χ4v) is 7.21. The number of aliphatic imine (C=N–C) groups is 1. The summed E-state index contributed by atoms with van der Waals surface area (Å²) in [5, 5.41) is 4.47. The second kappa shape index (κ2) is 19.8. The zero-order valence-corrected chi connectivity index (χ0v) is 34.5. The Balaban J connectivity index is 0.973. The first-order valence-corrected chi connectivity index (χ1v) is 20.0. The molecule has 0 radical (unpaired) electrons. The third kappa shape index (κ3) is 11.0. The number of aromatic nitrogens is 3. The van der Waals surface area contributed by atoms with E-state index in [0.29, 0.717) is 17.5 Å². The van der Waals surface area contributed by atoms with Gasteiger partial charge in [-0.25, -0.2) is 23.6 Å². The molecule has 13 nitrogen and oxygen atoms in total. The summed E-state index contributed by atoms with van der Waals surface area (Å²) in [5.74, 6) is -4.52. The molecule has 1 aromatic carbocycles. The molecular weight excluding hydrogens is 862 g/mol. The number of carbonyl (C=O) groups is 4. The maximum atomic E-state index is 14.9. The molecule has 3 N–H and O–H groups in total. The third-order valence-electron chi connectivity index (χ3n) is 10.2. The monoisotopic (exact) mass is 901 g/mol. The summed E-state index contributed by atoms with van der Waals surface area (Å²) in [7, 11) is -1.71. The number of anilines is 2. The number of hydrogen-bond donors (Lipinski definition) is 3. The van der Waals surface area contributed by atoms with Gasteiger partial charge in [-0.3, -0.25) is 27.9 Å². The van der Waals surface area contributed by atoms with Crippen LogP contribution in [0.3, 0.4) is 0 Å². The number of benzene rings is 1. The van der Waals surface area contributed by atoms with Crippen molar-refractivity contribution in [2.45, 2.75) is 51.2 Å². The fourth-order valence-electron chi connectivity index (χ4n) is 7.05. The number of hydrogen-bond acceptors (Lipinski definition) is 6.